The van der Waals surface area contributed by atoms with Gasteiger partial charge in [0.2, 0.25) is 5.91 Å². The van der Waals surface area contributed by atoms with Crippen LogP contribution in [0.25, 0.3) is 0 Å². The van der Waals surface area contributed by atoms with Crippen LogP contribution < -0.4 is 11.1 Å². The first-order valence-corrected chi connectivity index (χ1v) is 9.23. The average Bonchev–Trinajstić information content (AvgIpc) is 2.59. The largest absolute Gasteiger partial charge is 0.369 e. The van der Waals surface area contributed by atoms with E-state index in [-0.39, 0.29) is 5.91 Å². The molecule has 0 saturated carbocycles. The molecule has 1 fully saturated rings. The second kappa shape index (κ2) is 8.37. The summed E-state index contributed by atoms with van der Waals surface area (Å²) in [5, 5.41) is 3.36. The average molecular weight is 345 g/mol. The van der Waals surface area contributed by atoms with Gasteiger partial charge in [-0.05, 0) is 44.6 Å². The molecule has 0 bridgehead atoms. The number of primary amides is 1. The highest BCUT2D eigenvalue weighted by Gasteiger charge is 2.30. The number of nitrogens with two attached hydrogens (primary N) is 1. The Hall–Kier alpha value is -2.04. The first-order valence-electron chi connectivity index (χ1n) is 9.23. The van der Waals surface area contributed by atoms with Gasteiger partial charge in [0.1, 0.15) is 0 Å². The molecular formula is C20H32N4O. The molecule has 1 heterocycles. The van der Waals surface area contributed by atoms with Crippen LogP contribution in [0.2, 0.25) is 0 Å². The number of carbonyl (C=O) groups is 1. The third-order valence-corrected chi connectivity index (χ3v) is 5.06. The number of guanidine groups is 1. The second-order valence-electron chi connectivity index (χ2n) is 7.65. The maximum atomic E-state index is 11.5. The summed E-state index contributed by atoms with van der Waals surface area (Å²) in [6.45, 7) is 11.2. The Morgan fingerprint density at radius 1 is 1.36 bits per heavy atom. The van der Waals surface area contributed by atoms with Crippen LogP contribution >= 0.6 is 0 Å². The van der Waals surface area contributed by atoms with E-state index in [1.54, 1.807) is 0 Å². The lowest BCUT2D eigenvalue weighted by Crippen LogP contribution is -2.48. The molecule has 0 aliphatic carbocycles. The van der Waals surface area contributed by atoms with Gasteiger partial charge in [-0.1, -0.05) is 37.3 Å². The molecule has 0 spiro atoms. The Morgan fingerprint density at radius 2 is 2.04 bits per heavy atom. The maximum Gasteiger partial charge on any atom is 0.224 e. The van der Waals surface area contributed by atoms with Crippen molar-refractivity contribution in [2.45, 2.75) is 40.0 Å². The summed E-state index contributed by atoms with van der Waals surface area (Å²) in [6, 6.07) is 10.8. The van der Waals surface area contributed by atoms with E-state index in [0.717, 1.165) is 32.0 Å². The highest BCUT2D eigenvalue weighted by atomic mass is 16.1. The summed E-state index contributed by atoms with van der Waals surface area (Å²) in [7, 11) is 0. The third-order valence-electron chi connectivity index (χ3n) is 5.06. The van der Waals surface area contributed by atoms with Gasteiger partial charge in [0.15, 0.2) is 5.96 Å². The van der Waals surface area contributed by atoms with Crippen LogP contribution in [0.4, 0.5) is 0 Å². The van der Waals surface area contributed by atoms with Crippen molar-refractivity contribution < 1.29 is 4.79 Å². The van der Waals surface area contributed by atoms with Crippen molar-refractivity contribution in [1.82, 2.24) is 10.2 Å². The van der Waals surface area contributed by atoms with Crippen LogP contribution in [0.5, 0.6) is 0 Å². The monoisotopic (exact) mass is 344 g/mol. The van der Waals surface area contributed by atoms with Crippen molar-refractivity contribution in [2.24, 2.45) is 22.1 Å². The predicted octanol–water partition coefficient (Wildman–Crippen LogP) is 2.59. The Labute approximate surface area is 151 Å². The molecule has 5 heteroatoms. The van der Waals surface area contributed by atoms with E-state index in [9.17, 15) is 4.79 Å². The highest BCUT2D eigenvalue weighted by Crippen LogP contribution is 2.32. The molecule has 3 N–H and O–H groups in total. The summed E-state index contributed by atoms with van der Waals surface area (Å²) >= 11 is 0. The van der Waals surface area contributed by atoms with Crippen LogP contribution in [0.3, 0.4) is 0 Å². The number of benzene rings is 1. The first-order chi connectivity index (χ1) is 11.8. The van der Waals surface area contributed by atoms with Gasteiger partial charge in [0.05, 0.1) is 12.0 Å². The molecule has 1 amide bonds. The van der Waals surface area contributed by atoms with Crippen LogP contribution in [-0.4, -0.2) is 42.9 Å². The molecule has 1 aliphatic rings. The van der Waals surface area contributed by atoms with Crippen LogP contribution in [0.1, 0.15) is 45.6 Å². The van der Waals surface area contributed by atoms with E-state index < -0.39 is 5.41 Å². The minimum Gasteiger partial charge on any atom is -0.369 e. The van der Waals surface area contributed by atoms with E-state index >= 15 is 0 Å². The number of likely N-dealkylation sites (tertiary alicyclic amines) is 1. The van der Waals surface area contributed by atoms with Gasteiger partial charge >= 0.3 is 0 Å². The first kappa shape index (κ1) is 19.3. The fourth-order valence-electron chi connectivity index (χ4n) is 3.31. The lowest BCUT2D eigenvalue weighted by atomic mass is 9.82. The molecule has 1 aromatic rings. The molecule has 0 radical (unpaired) electrons. The SMILES string of the molecule is CCNC(=NCC(C)(C)C(N)=O)N1CCC(c2ccccc2)C(C)C1. The zero-order chi connectivity index (χ0) is 18.4. The van der Waals surface area contributed by atoms with E-state index in [1.165, 1.54) is 5.56 Å². The number of hydrogen-bond donors (Lipinski definition) is 2. The topological polar surface area (TPSA) is 70.7 Å². The Kier molecular flexibility index (Phi) is 6.45. The molecule has 2 rings (SSSR count). The number of nitrogens with one attached hydrogen (secondary N) is 1. The standard InChI is InChI=1S/C20H32N4O/c1-5-22-19(23-14-20(3,4)18(21)25)24-12-11-17(15(2)13-24)16-9-7-6-8-10-16/h6-10,15,17H,5,11-14H2,1-4H3,(H2,21,25)(H,22,23). The normalized spacial score (nSPS) is 21.9. The van der Waals surface area contributed by atoms with Crippen LogP contribution in [0.15, 0.2) is 35.3 Å². The molecule has 2 unspecified atom stereocenters. The van der Waals surface area contributed by atoms with E-state index in [4.69, 9.17) is 10.7 Å². The molecule has 25 heavy (non-hydrogen) atoms. The number of rotatable bonds is 5. The van der Waals surface area contributed by atoms with Gasteiger partial charge in [-0.3, -0.25) is 9.79 Å². The predicted molar refractivity (Wildman–Crippen MR) is 103 cm³/mol. The van der Waals surface area contributed by atoms with Gasteiger partial charge < -0.3 is 16.0 Å². The molecule has 138 valence electrons. The van der Waals surface area contributed by atoms with E-state index in [2.05, 4.69) is 54.4 Å². The van der Waals surface area contributed by atoms with Gasteiger partial charge in [0.25, 0.3) is 0 Å². The number of piperidine rings is 1. The molecule has 1 saturated heterocycles. The summed E-state index contributed by atoms with van der Waals surface area (Å²) in [4.78, 5) is 18.5. The van der Waals surface area contributed by atoms with Crippen molar-refractivity contribution in [2.75, 3.05) is 26.2 Å². The van der Waals surface area contributed by atoms with Crippen molar-refractivity contribution in [3.63, 3.8) is 0 Å². The van der Waals surface area contributed by atoms with E-state index in [1.807, 2.05) is 13.8 Å². The molecule has 1 aromatic carbocycles. The fourth-order valence-corrected chi connectivity index (χ4v) is 3.31. The number of amides is 1. The smallest absolute Gasteiger partial charge is 0.224 e. The number of carbonyl (C=O) groups excluding carboxylic acids is 1. The van der Waals surface area contributed by atoms with Crippen molar-refractivity contribution in [3.05, 3.63) is 35.9 Å². The second-order valence-corrected chi connectivity index (χ2v) is 7.65. The van der Waals surface area contributed by atoms with Gasteiger partial charge in [-0.15, -0.1) is 0 Å². The lowest BCUT2D eigenvalue weighted by molar-refractivity contribution is -0.125. The van der Waals surface area contributed by atoms with Crippen molar-refractivity contribution in [3.8, 4) is 0 Å². The zero-order valence-electron chi connectivity index (χ0n) is 16.0. The summed E-state index contributed by atoms with van der Waals surface area (Å²) in [5.74, 6) is 1.70. The quantitative estimate of drug-likeness (QED) is 0.637. The van der Waals surface area contributed by atoms with Crippen LogP contribution in [-0.2, 0) is 4.79 Å². The summed E-state index contributed by atoms with van der Waals surface area (Å²) in [5.41, 5.74) is 6.26. The molecule has 1 aliphatic heterocycles. The number of hydrogen-bond acceptors (Lipinski definition) is 2. The molecule has 5 nitrogen and oxygen atoms in total. The highest BCUT2D eigenvalue weighted by molar-refractivity contribution is 5.82. The Bertz CT molecular complexity index is 597. The number of nitrogens with zero attached hydrogens (tertiary/aromatic N) is 2. The summed E-state index contributed by atoms with van der Waals surface area (Å²) < 4.78 is 0. The lowest BCUT2D eigenvalue weighted by Gasteiger charge is -2.39. The molecule has 2 atom stereocenters. The molecule has 0 aromatic heterocycles. The Balaban J connectivity index is 2.07. The van der Waals surface area contributed by atoms with Crippen LogP contribution in [0, 0.1) is 11.3 Å². The summed E-state index contributed by atoms with van der Waals surface area (Å²) in [6.07, 6.45) is 1.11. The van der Waals surface area contributed by atoms with Gasteiger partial charge in [-0.25, -0.2) is 0 Å². The maximum absolute atomic E-state index is 11.5. The fraction of sp³-hybridized carbons (Fsp3) is 0.600. The molecular weight excluding hydrogens is 312 g/mol. The van der Waals surface area contributed by atoms with Crippen molar-refractivity contribution in [1.29, 1.82) is 0 Å². The van der Waals surface area contributed by atoms with E-state index in [0.29, 0.717) is 18.4 Å². The van der Waals surface area contributed by atoms with Gasteiger partial charge in [0, 0.05) is 19.6 Å². The van der Waals surface area contributed by atoms with Gasteiger partial charge in [-0.2, -0.15) is 0 Å². The Morgan fingerprint density at radius 3 is 2.60 bits per heavy atom. The minimum absolute atomic E-state index is 0.316. The van der Waals surface area contributed by atoms with Crippen molar-refractivity contribution >= 4 is 11.9 Å². The third kappa shape index (κ3) is 4.97. The minimum atomic E-state index is -0.630. The number of aliphatic imine (C=N–C) groups is 1. The zero-order valence-corrected chi connectivity index (χ0v) is 16.0.